The van der Waals surface area contributed by atoms with E-state index in [1.807, 2.05) is 0 Å². The van der Waals surface area contributed by atoms with Crippen LogP contribution in [0.5, 0.6) is 0 Å². The first-order valence-corrected chi connectivity index (χ1v) is 9.60. The van der Waals surface area contributed by atoms with Gasteiger partial charge < -0.3 is 5.32 Å². The Morgan fingerprint density at radius 2 is 1.74 bits per heavy atom. The molecule has 1 aromatic rings. The van der Waals surface area contributed by atoms with Crippen molar-refractivity contribution in [2.75, 3.05) is 14.1 Å². The first-order valence-electron chi connectivity index (χ1n) is 8.16. The molecule has 1 N–H and O–H groups in total. The van der Waals surface area contributed by atoms with Gasteiger partial charge in [-0.1, -0.05) is 50.8 Å². The molecule has 0 fully saturated rings. The van der Waals surface area contributed by atoms with E-state index in [1.54, 1.807) is 24.3 Å². The quantitative estimate of drug-likeness (QED) is 0.666. The number of nitrogens with zero attached hydrogens (tertiary/aromatic N) is 1. The third kappa shape index (κ3) is 6.31. The second-order valence-corrected chi connectivity index (χ2v) is 7.96. The third-order valence-electron chi connectivity index (χ3n) is 3.71. The summed E-state index contributed by atoms with van der Waals surface area (Å²) in [5.41, 5.74) is 0.612. The lowest BCUT2D eigenvalue weighted by Gasteiger charge is -2.15. The molecular weight excluding hydrogens is 312 g/mol. The highest BCUT2D eigenvalue weighted by molar-refractivity contribution is 7.89. The molecular formula is C17H28N2O3S. The maximum Gasteiger partial charge on any atom is 0.242 e. The summed E-state index contributed by atoms with van der Waals surface area (Å²) in [6.45, 7) is 2.39. The van der Waals surface area contributed by atoms with Crippen LogP contribution in [0.1, 0.15) is 51.0 Å². The summed E-state index contributed by atoms with van der Waals surface area (Å²) in [5, 5.41) is 2.82. The fraction of sp³-hybridized carbons (Fsp3) is 0.588. The molecule has 0 heterocycles. The first-order chi connectivity index (χ1) is 10.9. The molecule has 0 aliphatic carbocycles. The van der Waals surface area contributed by atoms with Crippen molar-refractivity contribution in [3.8, 4) is 0 Å². The zero-order valence-electron chi connectivity index (χ0n) is 14.3. The van der Waals surface area contributed by atoms with Crippen molar-refractivity contribution in [1.29, 1.82) is 0 Å². The van der Waals surface area contributed by atoms with Gasteiger partial charge in [0, 0.05) is 27.1 Å². The molecule has 0 aliphatic heterocycles. The Kier molecular flexibility index (Phi) is 8.26. The maximum absolute atomic E-state index is 12.3. The second kappa shape index (κ2) is 9.67. The van der Waals surface area contributed by atoms with E-state index < -0.39 is 10.0 Å². The van der Waals surface area contributed by atoms with Crippen molar-refractivity contribution < 1.29 is 13.2 Å². The average molecular weight is 340 g/mol. The highest BCUT2D eigenvalue weighted by atomic mass is 32.2. The maximum atomic E-state index is 12.3. The summed E-state index contributed by atoms with van der Waals surface area (Å²) in [4.78, 5) is 12.1. The summed E-state index contributed by atoms with van der Waals surface area (Å²) >= 11 is 0. The zero-order chi connectivity index (χ0) is 17.3. The number of rotatable bonds is 10. The summed E-state index contributed by atoms with van der Waals surface area (Å²) < 4.78 is 25.7. The Labute approximate surface area is 140 Å². The highest BCUT2D eigenvalue weighted by Crippen LogP contribution is 2.18. The van der Waals surface area contributed by atoms with Crippen LogP contribution in [0, 0.1) is 0 Å². The lowest BCUT2D eigenvalue weighted by Crippen LogP contribution is -2.26. The lowest BCUT2D eigenvalue weighted by atomic mass is 10.1. The minimum absolute atomic E-state index is 0.0291. The van der Waals surface area contributed by atoms with E-state index in [-0.39, 0.29) is 17.3 Å². The number of hydrogen-bond acceptors (Lipinski definition) is 3. The number of hydrogen-bond donors (Lipinski definition) is 1. The van der Waals surface area contributed by atoms with E-state index in [4.69, 9.17) is 0 Å². The number of unbranched alkanes of at least 4 members (excludes halogenated alkanes) is 4. The molecule has 5 nitrogen and oxygen atoms in total. The van der Waals surface area contributed by atoms with Gasteiger partial charge in [-0.15, -0.1) is 0 Å². The van der Waals surface area contributed by atoms with Crippen LogP contribution in [0.2, 0.25) is 0 Å². The Hall–Kier alpha value is -1.40. The molecule has 0 aliphatic rings. The van der Waals surface area contributed by atoms with Gasteiger partial charge in [-0.25, -0.2) is 12.7 Å². The summed E-state index contributed by atoms with van der Waals surface area (Å²) in [7, 11) is -0.499. The molecule has 0 atom stereocenters. The monoisotopic (exact) mass is 340 g/mol. The van der Waals surface area contributed by atoms with Gasteiger partial charge in [-0.3, -0.25) is 4.79 Å². The van der Waals surface area contributed by atoms with Crippen LogP contribution < -0.4 is 5.32 Å². The first kappa shape index (κ1) is 19.6. The second-order valence-electron chi connectivity index (χ2n) is 5.84. The topological polar surface area (TPSA) is 66.5 Å². The van der Waals surface area contributed by atoms with E-state index in [0.29, 0.717) is 12.0 Å². The van der Waals surface area contributed by atoms with Gasteiger partial charge in [0.15, 0.2) is 0 Å². The molecule has 1 amide bonds. The van der Waals surface area contributed by atoms with E-state index in [0.717, 1.165) is 19.3 Å². The summed E-state index contributed by atoms with van der Waals surface area (Å²) in [6.07, 6.45) is 5.98. The van der Waals surface area contributed by atoms with E-state index >= 15 is 0 Å². The van der Waals surface area contributed by atoms with Crippen molar-refractivity contribution in [2.45, 2.75) is 56.9 Å². The van der Waals surface area contributed by atoms with Crippen LogP contribution in [0.15, 0.2) is 29.2 Å². The molecule has 0 saturated heterocycles. The number of benzene rings is 1. The van der Waals surface area contributed by atoms with Gasteiger partial charge in [0.05, 0.1) is 4.90 Å². The van der Waals surface area contributed by atoms with Crippen LogP contribution in [0.25, 0.3) is 0 Å². The molecule has 0 radical (unpaired) electrons. The van der Waals surface area contributed by atoms with Crippen molar-refractivity contribution in [3.63, 3.8) is 0 Å². The number of sulfonamides is 1. The zero-order valence-corrected chi connectivity index (χ0v) is 15.2. The van der Waals surface area contributed by atoms with Crippen LogP contribution in [0.4, 0.5) is 0 Å². The molecule has 0 unspecified atom stereocenters. The van der Waals surface area contributed by atoms with Crippen molar-refractivity contribution in [2.24, 2.45) is 0 Å². The van der Waals surface area contributed by atoms with E-state index in [2.05, 4.69) is 12.2 Å². The highest BCUT2D eigenvalue weighted by Gasteiger charge is 2.20. The molecule has 130 valence electrons. The molecule has 1 aromatic carbocycles. The molecule has 0 aromatic heterocycles. The lowest BCUT2D eigenvalue weighted by molar-refractivity contribution is -0.121. The molecule has 0 saturated carbocycles. The van der Waals surface area contributed by atoms with E-state index in [1.165, 1.54) is 31.2 Å². The Morgan fingerprint density at radius 1 is 1.09 bits per heavy atom. The number of amides is 1. The fourth-order valence-electron chi connectivity index (χ4n) is 2.27. The largest absolute Gasteiger partial charge is 0.352 e. The standard InChI is InChI=1S/C17H28N2O3S/c1-4-5-6-7-8-13-17(20)18-14-15-11-9-10-12-16(15)23(21,22)19(2)3/h9-12H,4-8,13-14H2,1-3H3,(H,18,20). The average Bonchev–Trinajstić information content (AvgIpc) is 2.52. The van der Waals surface area contributed by atoms with E-state index in [9.17, 15) is 13.2 Å². The fourth-order valence-corrected chi connectivity index (χ4v) is 3.38. The SMILES string of the molecule is CCCCCCCC(=O)NCc1ccccc1S(=O)(=O)N(C)C. The van der Waals surface area contributed by atoms with Gasteiger partial charge in [-0.2, -0.15) is 0 Å². The Bertz CT molecular complexity index is 598. The minimum Gasteiger partial charge on any atom is -0.352 e. The molecule has 1 rings (SSSR count). The van der Waals surface area contributed by atoms with Gasteiger partial charge >= 0.3 is 0 Å². The smallest absolute Gasteiger partial charge is 0.242 e. The number of carbonyl (C=O) groups excluding carboxylic acids is 1. The summed E-state index contributed by atoms with van der Waals surface area (Å²) in [5.74, 6) is -0.0291. The molecule has 0 bridgehead atoms. The predicted molar refractivity (Wildman–Crippen MR) is 92.5 cm³/mol. The van der Waals surface area contributed by atoms with Crippen molar-refractivity contribution in [1.82, 2.24) is 9.62 Å². The van der Waals surface area contributed by atoms with Crippen LogP contribution in [0.3, 0.4) is 0 Å². The van der Waals surface area contributed by atoms with Gasteiger partial charge in [-0.05, 0) is 18.1 Å². The Morgan fingerprint density at radius 3 is 2.39 bits per heavy atom. The van der Waals surface area contributed by atoms with Crippen molar-refractivity contribution in [3.05, 3.63) is 29.8 Å². The Balaban J connectivity index is 2.57. The van der Waals surface area contributed by atoms with Crippen LogP contribution in [-0.4, -0.2) is 32.7 Å². The minimum atomic E-state index is -3.50. The molecule has 6 heteroatoms. The molecule has 23 heavy (non-hydrogen) atoms. The van der Waals surface area contributed by atoms with Gasteiger partial charge in [0.25, 0.3) is 0 Å². The molecule has 0 spiro atoms. The van der Waals surface area contributed by atoms with Crippen LogP contribution in [-0.2, 0) is 21.4 Å². The van der Waals surface area contributed by atoms with Gasteiger partial charge in [0.2, 0.25) is 15.9 Å². The van der Waals surface area contributed by atoms with Crippen LogP contribution >= 0.6 is 0 Å². The van der Waals surface area contributed by atoms with Gasteiger partial charge in [0.1, 0.15) is 0 Å². The number of carbonyl (C=O) groups is 1. The number of nitrogens with one attached hydrogen (secondary N) is 1. The normalized spacial score (nSPS) is 11.7. The predicted octanol–water partition coefficient (Wildman–Crippen LogP) is 2.91. The summed E-state index contributed by atoms with van der Waals surface area (Å²) in [6, 6.07) is 6.77. The van der Waals surface area contributed by atoms with Crippen molar-refractivity contribution >= 4 is 15.9 Å². The third-order valence-corrected chi connectivity index (χ3v) is 5.63.